The second-order valence-corrected chi connectivity index (χ2v) is 5.03. The van der Waals surface area contributed by atoms with E-state index in [1.807, 2.05) is 61.5 Å². The average molecular weight is 280 g/mol. The maximum Gasteiger partial charge on any atom is 0.256 e. The van der Waals surface area contributed by atoms with Gasteiger partial charge in [-0.15, -0.1) is 0 Å². The first-order chi connectivity index (χ1) is 10.2. The quantitative estimate of drug-likeness (QED) is 0.796. The van der Waals surface area contributed by atoms with E-state index in [1.54, 1.807) is 0 Å². The van der Waals surface area contributed by atoms with E-state index in [9.17, 15) is 5.11 Å². The zero-order valence-electron chi connectivity index (χ0n) is 11.7. The van der Waals surface area contributed by atoms with E-state index in [-0.39, 0.29) is 5.89 Å². The van der Waals surface area contributed by atoms with Gasteiger partial charge in [-0.3, -0.25) is 0 Å². The Hall–Kier alpha value is -2.46. The van der Waals surface area contributed by atoms with Crippen LogP contribution in [0.2, 0.25) is 0 Å². The fourth-order valence-electron chi connectivity index (χ4n) is 2.12. The summed E-state index contributed by atoms with van der Waals surface area (Å²) in [5.41, 5.74) is 3.08. The van der Waals surface area contributed by atoms with Crippen molar-refractivity contribution >= 4 is 0 Å². The smallest absolute Gasteiger partial charge is 0.256 e. The number of aliphatic hydroxyl groups excluding tert-OH is 1. The van der Waals surface area contributed by atoms with Crippen LogP contribution in [-0.4, -0.2) is 15.2 Å². The number of nitrogens with zero attached hydrogens (tertiary/aromatic N) is 2. The van der Waals surface area contributed by atoms with Gasteiger partial charge in [-0.25, -0.2) is 0 Å². The summed E-state index contributed by atoms with van der Waals surface area (Å²) in [6, 6.07) is 17.6. The minimum Gasteiger partial charge on any atom is -0.383 e. The summed E-state index contributed by atoms with van der Waals surface area (Å²) in [5, 5.41) is 14.1. The summed E-state index contributed by atoms with van der Waals surface area (Å²) >= 11 is 0. The van der Waals surface area contributed by atoms with Gasteiger partial charge < -0.3 is 9.63 Å². The van der Waals surface area contributed by atoms with E-state index in [0.717, 1.165) is 11.1 Å². The molecule has 0 saturated heterocycles. The molecule has 0 aliphatic carbocycles. The third-order valence-corrected chi connectivity index (χ3v) is 3.31. The Morgan fingerprint density at radius 2 is 1.76 bits per heavy atom. The number of aryl methyl sites for hydroxylation is 1. The first-order valence-electron chi connectivity index (χ1n) is 6.85. The van der Waals surface area contributed by atoms with Crippen molar-refractivity contribution in [1.29, 1.82) is 0 Å². The van der Waals surface area contributed by atoms with Crippen LogP contribution in [0, 0.1) is 6.92 Å². The van der Waals surface area contributed by atoms with E-state index < -0.39 is 6.10 Å². The van der Waals surface area contributed by atoms with Gasteiger partial charge in [-0.2, -0.15) is 4.98 Å². The molecule has 0 unspecified atom stereocenters. The lowest BCUT2D eigenvalue weighted by Gasteiger charge is -2.04. The fourth-order valence-corrected chi connectivity index (χ4v) is 2.12. The number of rotatable bonds is 4. The predicted molar refractivity (Wildman–Crippen MR) is 79.6 cm³/mol. The van der Waals surface area contributed by atoms with Gasteiger partial charge in [0.25, 0.3) is 5.89 Å². The molecule has 106 valence electrons. The minimum absolute atomic E-state index is 0.245. The molecule has 3 aromatic rings. The zero-order chi connectivity index (χ0) is 14.7. The van der Waals surface area contributed by atoms with E-state index in [4.69, 9.17) is 4.52 Å². The van der Waals surface area contributed by atoms with Gasteiger partial charge in [0.1, 0.15) is 6.10 Å². The molecule has 0 amide bonds. The molecule has 1 atom stereocenters. The first-order valence-corrected chi connectivity index (χ1v) is 6.85. The van der Waals surface area contributed by atoms with Crippen molar-refractivity contribution < 1.29 is 9.63 Å². The van der Waals surface area contributed by atoms with Crippen molar-refractivity contribution in [3.8, 4) is 11.4 Å². The van der Waals surface area contributed by atoms with Gasteiger partial charge in [-0.1, -0.05) is 65.3 Å². The van der Waals surface area contributed by atoms with E-state index in [0.29, 0.717) is 12.2 Å². The highest BCUT2D eigenvalue weighted by atomic mass is 16.5. The molecule has 0 bridgehead atoms. The SMILES string of the molecule is Cc1ccc(-c2noc([C@@H](O)Cc3ccccc3)n2)cc1. The van der Waals surface area contributed by atoms with Crippen molar-refractivity contribution in [2.24, 2.45) is 0 Å². The van der Waals surface area contributed by atoms with Crippen molar-refractivity contribution in [2.45, 2.75) is 19.4 Å². The van der Waals surface area contributed by atoms with Crippen LogP contribution in [0.3, 0.4) is 0 Å². The molecule has 0 spiro atoms. The molecule has 0 radical (unpaired) electrons. The largest absolute Gasteiger partial charge is 0.383 e. The predicted octanol–water partition coefficient (Wildman–Crippen LogP) is 3.32. The summed E-state index contributed by atoms with van der Waals surface area (Å²) in [6.45, 7) is 2.02. The highest BCUT2D eigenvalue weighted by molar-refractivity contribution is 5.54. The molecule has 4 nitrogen and oxygen atoms in total. The highest BCUT2D eigenvalue weighted by Crippen LogP contribution is 2.21. The summed E-state index contributed by atoms with van der Waals surface area (Å²) in [4.78, 5) is 4.28. The summed E-state index contributed by atoms with van der Waals surface area (Å²) in [7, 11) is 0. The van der Waals surface area contributed by atoms with E-state index in [2.05, 4.69) is 10.1 Å². The van der Waals surface area contributed by atoms with Gasteiger partial charge in [0.2, 0.25) is 5.82 Å². The van der Waals surface area contributed by atoms with Gasteiger partial charge in [0.15, 0.2) is 0 Å². The molecule has 2 aromatic carbocycles. The fraction of sp³-hybridized carbons (Fsp3) is 0.176. The third-order valence-electron chi connectivity index (χ3n) is 3.31. The normalized spacial score (nSPS) is 12.3. The monoisotopic (exact) mass is 280 g/mol. The molecule has 1 heterocycles. The van der Waals surface area contributed by atoms with Crippen molar-refractivity contribution in [3.63, 3.8) is 0 Å². The van der Waals surface area contributed by atoms with Crippen LogP contribution < -0.4 is 0 Å². The molecule has 21 heavy (non-hydrogen) atoms. The van der Waals surface area contributed by atoms with Crippen molar-refractivity contribution in [3.05, 3.63) is 71.6 Å². The number of hydrogen-bond donors (Lipinski definition) is 1. The molecule has 0 aliphatic rings. The van der Waals surface area contributed by atoms with Crippen LogP contribution in [0.5, 0.6) is 0 Å². The van der Waals surface area contributed by atoms with Crippen molar-refractivity contribution in [1.82, 2.24) is 10.1 Å². The molecule has 4 heteroatoms. The lowest BCUT2D eigenvalue weighted by atomic mass is 10.1. The maximum absolute atomic E-state index is 10.2. The van der Waals surface area contributed by atoms with Crippen LogP contribution >= 0.6 is 0 Å². The number of hydrogen-bond acceptors (Lipinski definition) is 4. The van der Waals surface area contributed by atoms with Gasteiger partial charge in [0.05, 0.1) is 0 Å². The Labute approximate surface area is 123 Å². The van der Waals surface area contributed by atoms with Gasteiger partial charge >= 0.3 is 0 Å². The van der Waals surface area contributed by atoms with Gasteiger partial charge in [0, 0.05) is 12.0 Å². The Kier molecular flexibility index (Phi) is 3.79. The van der Waals surface area contributed by atoms with Crippen LogP contribution in [0.4, 0.5) is 0 Å². The molecule has 3 rings (SSSR count). The first kappa shape index (κ1) is 13.5. The van der Waals surface area contributed by atoms with Crippen LogP contribution in [0.1, 0.15) is 23.1 Å². The molecule has 1 N–H and O–H groups in total. The standard InChI is InChI=1S/C17H16N2O2/c1-12-7-9-14(10-8-12)16-18-17(21-19-16)15(20)11-13-5-3-2-4-6-13/h2-10,15,20H,11H2,1H3/t15-/m0/s1. The molecular weight excluding hydrogens is 264 g/mol. The van der Waals surface area contributed by atoms with Gasteiger partial charge in [-0.05, 0) is 12.5 Å². The Balaban J connectivity index is 1.76. The second-order valence-electron chi connectivity index (χ2n) is 5.03. The highest BCUT2D eigenvalue weighted by Gasteiger charge is 2.17. The van der Waals surface area contributed by atoms with Crippen LogP contribution in [0.15, 0.2) is 59.1 Å². The molecule has 0 aliphatic heterocycles. The van der Waals surface area contributed by atoms with Crippen molar-refractivity contribution in [2.75, 3.05) is 0 Å². The Bertz CT molecular complexity index is 705. The van der Waals surface area contributed by atoms with E-state index >= 15 is 0 Å². The summed E-state index contributed by atoms with van der Waals surface area (Å²) in [6.07, 6.45) is -0.338. The van der Waals surface area contributed by atoms with E-state index in [1.165, 1.54) is 5.56 Å². The topological polar surface area (TPSA) is 59.2 Å². The Morgan fingerprint density at radius 1 is 1.05 bits per heavy atom. The number of benzene rings is 2. The maximum atomic E-state index is 10.2. The Morgan fingerprint density at radius 3 is 2.48 bits per heavy atom. The summed E-state index contributed by atoms with van der Waals surface area (Å²) < 4.78 is 5.17. The lowest BCUT2D eigenvalue weighted by molar-refractivity contribution is 0.134. The lowest BCUT2D eigenvalue weighted by Crippen LogP contribution is -2.02. The molecule has 0 saturated carbocycles. The number of aliphatic hydroxyl groups is 1. The van der Waals surface area contributed by atoms with Crippen LogP contribution in [0.25, 0.3) is 11.4 Å². The van der Waals surface area contributed by atoms with Crippen LogP contribution in [-0.2, 0) is 6.42 Å². The molecule has 1 aromatic heterocycles. The number of aromatic nitrogens is 2. The average Bonchev–Trinajstić information content (AvgIpc) is 2.99. The zero-order valence-corrected chi connectivity index (χ0v) is 11.7. The third kappa shape index (κ3) is 3.17. The molecular formula is C17H16N2O2. The minimum atomic E-state index is -0.793. The molecule has 0 fully saturated rings. The summed E-state index contributed by atoms with van der Waals surface area (Å²) in [5.74, 6) is 0.742. The second kappa shape index (κ2) is 5.89.